The number of carbonyl (C=O) groups is 1. The topological polar surface area (TPSA) is 65.2 Å². The summed E-state index contributed by atoms with van der Waals surface area (Å²) in [6, 6.07) is 0. The molecular weight excluding hydrogens is 212 g/mol. The lowest BCUT2D eigenvalue weighted by Crippen LogP contribution is -2.08. The van der Waals surface area contributed by atoms with Gasteiger partial charge in [0, 0.05) is 12.5 Å². The lowest BCUT2D eigenvalue weighted by molar-refractivity contribution is 0.0531. The van der Waals surface area contributed by atoms with E-state index >= 15 is 0 Å². The molecule has 5 heteroatoms. The normalized spacial score (nSPS) is 12.5. The second-order valence-electron chi connectivity index (χ2n) is 3.32. The molecule has 1 rings (SSSR count). The minimum Gasteiger partial charge on any atom is -0.462 e. The molecule has 0 aliphatic heterocycles. The Hall–Kier alpha value is -0.940. The molecule has 0 bridgehead atoms. The van der Waals surface area contributed by atoms with Crippen LogP contribution >= 0.6 is 11.3 Å². The Kier molecular flexibility index (Phi) is 4.23. The first kappa shape index (κ1) is 12.1. The highest BCUT2D eigenvalue weighted by Gasteiger charge is 2.18. The van der Waals surface area contributed by atoms with Crippen LogP contribution in [0.2, 0.25) is 0 Å². The molecule has 84 valence electrons. The quantitative estimate of drug-likeness (QED) is 0.796. The van der Waals surface area contributed by atoms with Crippen molar-refractivity contribution in [3.8, 4) is 0 Å². The van der Waals surface area contributed by atoms with Crippen molar-refractivity contribution in [2.45, 2.75) is 26.7 Å². The molecule has 2 N–H and O–H groups in total. The molecule has 0 radical (unpaired) electrons. The smallest absolute Gasteiger partial charge is 0.350 e. The number of nitrogens with two attached hydrogens (primary N) is 1. The van der Waals surface area contributed by atoms with Crippen molar-refractivity contribution in [3.05, 3.63) is 15.6 Å². The van der Waals surface area contributed by atoms with E-state index in [1.165, 1.54) is 11.3 Å². The highest BCUT2D eigenvalue weighted by atomic mass is 32.1. The number of ether oxygens (including phenoxy) is 1. The molecule has 4 nitrogen and oxygen atoms in total. The molecule has 0 amide bonds. The van der Waals surface area contributed by atoms with Crippen molar-refractivity contribution in [3.63, 3.8) is 0 Å². The zero-order chi connectivity index (χ0) is 11.4. The van der Waals surface area contributed by atoms with E-state index in [2.05, 4.69) is 4.98 Å². The predicted octanol–water partition coefficient (Wildman–Crippen LogP) is 1.69. The average Bonchev–Trinajstić information content (AvgIpc) is 2.59. The number of esters is 1. The summed E-state index contributed by atoms with van der Waals surface area (Å²) in [6.45, 7) is 6.52. The summed E-state index contributed by atoms with van der Waals surface area (Å²) in [5.74, 6) is -0.0974. The second-order valence-corrected chi connectivity index (χ2v) is 4.35. The predicted molar refractivity (Wildman–Crippen MR) is 60.3 cm³/mol. The molecule has 0 spiro atoms. The molecule has 1 unspecified atom stereocenters. The van der Waals surface area contributed by atoms with Crippen LogP contribution < -0.4 is 5.73 Å². The molecule has 1 heterocycles. The van der Waals surface area contributed by atoms with Gasteiger partial charge in [0.2, 0.25) is 0 Å². The Balaban J connectivity index is 2.90. The van der Waals surface area contributed by atoms with Gasteiger partial charge in [-0.05, 0) is 13.8 Å². The van der Waals surface area contributed by atoms with Crippen LogP contribution in [-0.2, 0) is 4.74 Å². The van der Waals surface area contributed by atoms with Gasteiger partial charge in [0.05, 0.1) is 17.3 Å². The van der Waals surface area contributed by atoms with Crippen molar-refractivity contribution in [1.29, 1.82) is 0 Å². The SMILES string of the molecule is CCOC(=O)c1sc(C(C)CN)nc1C. The van der Waals surface area contributed by atoms with Crippen molar-refractivity contribution in [2.75, 3.05) is 13.2 Å². The lowest BCUT2D eigenvalue weighted by Gasteiger charge is -2.01. The Labute approximate surface area is 93.5 Å². The van der Waals surface area contributed by atoms with E-state index in [-0.39, 0.29) is 11.9 Å². The fraction of sp³-hybridized carbons (Fsp3) is 0.600. The first-order valence-corrected chi connectivity index (χ1v) is 5.76. The zero-order valence-corrected chi connectivity index (χ0v) is 10.1. The Morgan fingerprint density at radius 1 is 1.67 bits per heavy atom. The van der Waals surface area contributed by atoms with Crippen molar-refractivity contribution in [1.82, 2.24) is 4.98 Å². The third-order valence-electron chi connectivity index (χ3n) is 2.05. The number of aromatic nitrogens is 1. The van der Waals surface area contributed by atoms with Crippen molar-refractivity contribution in [2.24, 2.45) is 5.73 Å². The molecule has 1 aromatic rings. The molecule has 0 saturated carbocycles. The number of rotatable bonds is 4. The van der Waals surface area contributed by atoms with Crippen LogP contribution in [0, 0.1) is 6.92 Å². The Morgan fingerprint density at radius 3 is 2.87 bits per heavy atom. The fourth-order valence-corrected chi connectivity index (χ4v) is 2.14. The summed E-state index contributed by atoms with van der Waals surface area (Å²) in [4.78, 5) is 16.4. The van der Waals surface area contributed by atoms with E-state index in [0.717, 1.165) is 10.7 Å². The fourth-order valence-electron chi connectivity index (χ4n) is 1.11. The maximum absolute atomic E-state index is 11.5. The van der Waals surface area contributed by atoms with E-state index in [9.17, 15) is 4.79 Å². The number of nitrogens with zero attached hydrogens (tertiary/aromatic N) is 1. The summed E-state index contributed by atoms with van der Waals surface area (Å²) in [7, 11) is 0. The molecule has 0 aliphatic rings. The molecule has 1 aromatic heterocycles. The number of hydrogen-bond donors (Lipinski definition) is 1. The molecule has 0 aliphatic carbocycles. The molecule has 0 aromatic carbocycles. The lowest BCUT2D eigenvalue weighted by atomic mass is 10.2. The highest BCUT2D eigenvalue weighted by molar-refractivity contribution is 7.13. The number of thiazole rings is 1. The first-order valence-electron chi connectivity index (χ1n) is 4.94. The minimum atomic E-state index is -0.289. The van der Waals surface area contributed by atoms with Gasteiger partial charge in [-0.2, -0.15) is 0 Å². The molecule has 1 atom stereocenters. The maximum atomic E-state index is 11.5. The Morgan fingerprint density at radius 2 is 2.33 bits per heavy atom. The molecule has 15 heavy (non-hydrogen) atoms. The van der Waals surface area contributed by atoms with Gasteiger partial charge in [-0.15, -0.1) is 11.3 Å². The van der Waals surface area contributed by atoms with E-state index in [4.69, 9.17) is 10.5 Å². The highest BCUT2D eigenvalue weighted by Crippen LogP contribution is 2.24. The second kappa shape index (κ2) is 5.23. The van der Waals surface area contributed by atoms with Crippen LogP contribution in [0.25, 0.3) is 0 Å². The van der Waals surface area contributed by atoms with Gasteiger partial charge >= 0.3 is 5.97 Å². The van der Waals surface area contributed by atoms with E-state index in [1.54, 1.807) is 6.92 Å². The van der Waals surface area contributed by atoms with E-state index in [1.807, 2.05) is 13.8 Å². The average molecular weight is 228 g/mol. The van der Waals surface area contributed by atoms with Crippen LogP contribution in [-0.4, -0.2) is 24.1 Å². The van der Waals surface area contributed by atoms with Crippen LogP contribution in [0.3, 0.4) is 0 Å². The van der Waals surface area contributed by atoms with Gasteiger partial charge in [-0.1, -0.05) is 6.92 Å². The molecular formula is C10H16N2O2S. The maximum Gasteiger partial charge on any atom is 0.350 e. The van der Waals surface area contributed by atoms with Gasteiger partial charge < -0.3 is 10.5 Å². The minimum absolute atomic E-state index is 0.192. The summed E-state index contributed by atoms with van der Waals surface area (Å²) < 4.78 is 4.94. The zero-order valence-electron chi connectivity index (χ0n) is 9.24. The Bertz CT molecular complexity index is 349. The van der Waals surface area contributed by atoms with Crippen LogP contribution in [0.1, 0.15) is 40.1 Å². The summed E-state index contributed by atoms with van der Waals surface area (Å²) in [5, 5.41) is 0.901. The van der Waals surface area contributed by atoms with Crippen molar-refractivity contribution < 1.29 is 9.53 Å². The van der Waals surface area contributed by atoms with Gasteiger partial charge in [0.25, 0.3) is 0 Å². The first-order chi connectivity index (χ1) is 7.10. The molecule has 0 fully saturated rings. The van der Waals surface area contributed by atoms with Crippen LogP contribution in [0.5, 0.6) is 0 Å². The monoisotopic (exact) mass is 228 g/mol. The third kappa shape index (κ3) is 2.76. The standard InChI is InChI=1S/C10H16N2O2S/c1-4-14-10(13)8-7(3)12-9(15-8)6(2)5-11/h6H,4-5,11H2,1-3H3. The number of hydrogen-bond acceptors (Lipinski definition) is 5. The third-order valence-corrected chi connectivity index (χ3v) is 3.42. The van der Waals surface area contributed by atoms with E-state index in [0.29, 0.717) is 18.0 Å². The summed E-state index contributed by atoms with van der Waals surface area (Å²) in [6.07, 6.45) is 0. The summed E-state index contributed by atoms with van der Waals surface area (Å²) in [5.41, 5.74) is 6.28. The largest absolute Gasteiger partial charge is 0.462 e. The van der Waals surface area contributed by atoms with Crippen LogP contribution in [0.15, 0.2) is 0 Å². The van der Waals surface area contributed by atoms with Gasteiger partial charge in [0.1, 0.15) is 4.88 Å². The number of carbonyl (C=O) groups excluding carboxylic acids is 1. The number of aryl methyl sites for hydroxylation is 1. The van der Waals surface area contributed by atoms with E-state index < -0.39 is 0 Å². The van der Waals surface area contributed by atoms with Gasteiger partial charge in [0.15, 0.2) is 0 Å². The summed E-state index contributed by atoms with van der Waals surface area (Å²) >= 11 is 1.37. The van der Waals surface area contributed by atoms with Crippen molar-refractivity contribution >= 4 is 17.3 Å². The molecule has 0 saturated heterocycles. The van der Waals surface area contributed by atoms with Gasteiger partial charge in [-0.3, -0.25) is 0 Å². The van der Waals surface area contributed by atoms with Gasteiger partial charge in [-0.25, -0.2) is 9.78 Å². The van der Waals surface area contributed by atoms with Crippen LogP contribution in [0.4, 0.5) is 0 Å².